The number of rotatable bonds is 5. The van der Waals surface area contributed by atoms with Crippen molar-refractivity contribution in [1.29, 1.82) is 0 Å². The van der Waals surface area contributed by atoms with Crippen LogP contribution in [0.4, 0.5) is 0 Å². The second-order valence-corrected chi connectivity index (χ2v) is 8.31. The van der Waals surface area contributed by atoms with Crippen molar-refractivity contribution in [2.45, 2.75) is 10.8 Å². The van der Waals surface area contributed by atoms with Gasteiger partial charge in [0, 0.05) is 12.6 Å². The Kier molecular flexibility index (Phi) is 4.49. The van der Waals surface area contributed by atoms with Crippen molar-refractivity contribution in [3.05, 3.63) is 52.7 Å². The Morgan fingerprint density at radius 3 is 2.74 bits per heavy atom. The molecular weight excluding hydrogens is 358 g/mol. The van der Waals surface area contributed by atoms with Gasteiger partial charge in [0.15, 0.2) is 0 Å². The second-order valence-electron chi connectivity index (χ2n) is 4.68. The number of hydrogen-bond donors (Lipinski definition) is 0. The van der Waals surface area contributed by atoms with Gasteiger partial charge in [0.2, 0.25) is 11.7 Å². The topological polar surface area (TPSA) is 76.3 Å². The van der Waals surface area contributed by atoms with Crippen molar-refractivity contribution in [1.82, 2.24) is 14.4 Å². The Morgan fingerprint density at radius 1 is 1.26 bits per heavy atom. The minimum atomic E-state index is -3.56. The van der Waals surface area contributed by atoms with E-state index in [1.807, 2.05) is 6.07 Å². The fraction of sp³-hybridized carbons (Fsp3) is 0.143. The molecule has 0 aliphatic rings. The summed E-state index contributed by atoms with van der Waals surface area (Å²) in [5, 5.41) is 6.07. The maximum absolute atomic E-state index is 12.4. The van der Waals surface area contributed by atoms with Gasteiger partial charge in [0.05, 0.1) is 11.6 Å². The summed E-state index contributed by atoms with van der Waals surface area (Å²) in [6.07, 6.45) is 0. The molecule has 9 heteroatoms. The van der Waals surface area contributed by atoms with Crippen LogP contribution in [-0.4, -0.2) is 29.9 Å². The molecule has 0 radical (unpaired) electrons. The Balaban J connectivity index is 1.81. The molecule has 0 spiro atoms. The van der Waals surface area contributed by atoms with E-state index in [2.05, 4.69) is 10.1 Å². The average molecular weight is 370 g/mol. The monoisotopic (exact) mass is 369 g/mol. The molecule has 1 aromatic carbocycles. The van der Waals surface area contributed by atoms with Crippen LogP contribution < -0.4 is 0 Å². The lowest BCUT2D eigenvalue weighted by Gasteiger charge is -2.13. The van der Waals surface area contributed by atoms with Crippen LogP contribution in [0, 0.1) is 0 Å². The number of thiophene rings is 1. The fourth-order valence-electron chi connectivity index (χ4n) is 1.91. The molecule has 3 rings (SSSR count). The van der Waals surface area contributed by atoms with E-state index in [1.54, 1.807) is 35.7 Å². The molecule has 0 amide bonds. The standard InChI is InChI=1S/C14H12ClN3O3S2/c1-18(23(19,20)13-7-4-8-22-13)9-12-16-14(17-21-12)10-5-2-3-6-11(10)15/h2-8H,9H2,1H3. The molecule has 0 aliphatic heterocycles. The first-order valence-corrected chi connectivity index (χ1v) is 9.25. The van der Waals surface area contributed by atoms with Crippen LogP contribution >= 0.6 is 22.9 Å². The third-order valence-corrected chi connectivity index (χ3v) is 6.61. The number of sulfonamides is 1. The Morgan fingerprint density at radius 2 is 2.04 bits per heavy atom. The molecule has 0 fully saturated rings. The molecular formula is C14H12ClN3O3S2. The molecule has 0 aliphatic carbocycles. The number of halogens is 1. The Labute approximate surface area is 142 Å². The van der Waals surface area contributed by atoms with Gasteiger partial charge in [-0.25, -0.2) is 8.42 Å². The van der Waals surface area contributed by atoms with Crippen molar-refractivity contribution in [3.63, 3.8) is 0 Å². The lowest BCUT2D eigenvalue weighted by molar-refractivity contribution is 0.337. The van der Waals surface area contributed by atoms with Crippen LogP contribution in [-0.2, 0) is 16.6 Å². The molecule has 0 atom stereocenters. The van der Waals surface area contributed by atoms with Crippen LogP contribution in [0.5, 0.6) is 0 Å². The maximum Gasteiger partial charge on any atom is 0.252 e. The smallest absolute Gasteiger partial charge is 0.252 e. The lowest BCUT2D eigenvalue weighted by Crippen LogP contribution is -2.25. The van der Waals surface area contributed by atoms with E-state index >= 15 is 0 Å². The highest BCUT2D eigenvalue weighted by Gasteiger charge is 2.24. The molecule has 2 aromatic heterocycles. The van der Waals surface area contributed by atoms with E-state index in [1.165, 1.54) is 11.4 Å². The summed E-state index contributed by atoms with van der Waals surface area (Å²) in [7, 11) is -2.09. The van der Waals surface area contributed by atoms with E-state index in [-0.39, 0.29) is 16.6 Å². The summed E-state index contributed by atoms with van der Waals surface area (Å²) in [5.41, 5.74) is 0.632. The highest BCUT2D eigenvalue weighted by molar-refractivity contribution is 7.91. The highest BCUT2D eigenvalue weighted by atomic mass is 35.5. The van der Waals surface area contributed by atoms with Crippen molar-refractivity contribution in [3.8, 4) is 11.4 Å². The third-order valence-electron chi connectivity index (χ3n) is 3.10. The molecule has 0 unspecified atom stereocenters. The molecule has 120 valence electrons. The van der Waals surface area contributed by atoms with Crippen molar-refractivity contribution >= 4 is 33.0 Å². The van der Waals surface area contributed by atoms with Crippen molar-refractivity contribution in [2.75, 3.05) is 7.05 Å². The first-order valence-electron chi connectivity index (χ1n) is 6.56. The highest BCUT2D eigenvalue weighted by Crippen LogP contribution is 2.26. The van der Waals surface area contributed by atoms with Crippen LogP contribution in [0.15, 0.2) is 50.5 Å². The first-order chi connectivity index (χ1) is 11.0. The first kappa shape index (κ1) is 16.1. The van der Waals surface area contributed by atoms with E-state index < -0.39 is 10.0 Å². The largest absolute Gasteiger partial charge is 0.338 e. The van der Waals surface area contributed by atoms with Crippen LogP contribution in [0.25, 0.3) is 11.4 Å². The average Bonchev–Trinajstić information content (AvgIpc) is 3.19. The van der Waals surface area contributed by atoms with Crippen molar-refractivity contribution in [2.24, 2.45) is 0 Å². The Hall–Kier alpha value is -1.74. The third kappa shape index (κ3) is 3.30. The lowest BCUT2D eigenvalue weighted by atomic mass is 10.2. The number of aromatic nitrogens is 2. The maximum atomic E-state index is 12.4. The van der Waals surface area contributed by atoms with Gasteiger partial charge in [-0.05, 0) is 23.6 Å². The van der Waals surface area contributed by atoms with E-state index in [4.69, 9.17) is 16.1 Å². The molecule has 2 heterocycles. The van der Waals surface area contributed by atoms with Gasteiger partial charge in [-0.3, -0.25) is 0 Å². The van der Waals surface area contributed by atoms with Crippen molar-refractivity contribution < 1.29 is 12.9 Å². The van der Waals surface area contributed by atoms with Gasteiger partial charge >= 0.3 is 0 Å². The molecule has 3 aromatic rings. The molecule has 23 heavy (non-hydrogen) atoms. The molecule has 0 saturated heterocycles. The summed E-state index contributed by atoms with van der Waals surface area (Å²) < 4.78 is 31.3. The summed E-state index contributed by atoms with van der Waals surface area (Å²) >= 11 is 7.25. The zero-order valence-corrected chi connectivity index (χ0v) is 14.4. The summed E-state index contributed by atoms with van der Waals surface area (Å²) in [6, 6.07) is 10.3. The quantitative estimate of drug-likeness (QED) is 0.689. The molecule has 6 nitrogen and oxygen atoms in total. The van der Waals surface area contributed by atoms with E-state index in [9.17, 15) is 8.42 Å². The van der Waals surface area contributed by atoms with Crippen LogP contribution in [0.3, 0.4) is 0 Å². The Bertz CT molecular complexity index is 907. The van der Waals surface area contributed by atoms with E-state index in [0.29, 0.717) is 16.4 Å². The SMILES string of the molecule is CN(Cc1nc(-c2ccccc2Cl)no1)S(=O)(=O)c1cccs1. The van der Waals surface area contributed by atoms with Gasteiger partial charge in [0.1, 0.15) is 4.21 Å². The van der Waals surface area contributed by atoms with Gasteiger partial charge in [-0.2, -0.15) is 9.29 Å². The second kappa shape index (κ2) is 6.40. The van der Waals surface area contributed by atoms with Gasteiger partial charge in [0.25, 0.3) is 10.0 Å². The predicted molar refractivity (Wildman–Crippen MR) is 87.7 cm³/mol. The number of nitrogens with zero attached hydrogens (tertiary/aromatic N) is 3. The number of hydrogen-bond acceptors (Lipinski definition) is 6. The minimum absolute atomic E-state index is 0.0162. The zero-order valence-electron chi connectivity index (χ0n) is 12.0. The summed E-state index contributed by atoms with van der Waals surface area (Å²) in [6.45, 7) is -0.0162. The summed E-state index contributed by atoms with van der Waals surface area (Å²) in [5.74, 6) is 0.523. The fourth-order valence-corrected chi connectivity index (χ4v) is 4.45. The molecule has 0 bridgehead atoms. The summed E-state index contributed by atoms with van der Waals surface area (Å²) in [4.78, 5) is 4.21. The van der Waals surface area contributed by atoms with Gasteiger partial charge in [-0.15, -0.1) is 11.3 Å². The molecule has 0 N–H and O–H groups in total. The van der Waals surface area contributed by atoms with E-state index in [0.717, 1.165) is 11.3 Å². The zero-order chi connectivity index (χ0) is 16.4. The number of benzene rings is 1. The normalized spacial score (nSPS) is 12.0. The predicted octanol–water partition coefficient (Wildman–Crippen LogP) is 3.27. The molecule has 0 saturated carbocycles. The minimum Gasteiger partial charge on any atom is -0.338 e. The van der Waals surface area contributed by atoms with Crippen LogP contribution in [0.1, 0.15) is 5.89 Å². The van der Waals surface area contributed by atoms with Gasteiger partial charge in [-0.1, -0.05) is 35.0 Å². The van der Waals surface area contributed by atoms with Crippen LogP contribution in [0.2, 0.25) is 5.02 Å². The van der Waals surface area contributed by atoms with Gasteiger partial charge < -0.3 is 4.52 Å².